The molecule has 1 saturated carbocycles. The van der Waals surface area contributed by atoms with E-state index in [4.69, 9.17) is 4.74 Å². The zero-order chi connectivity index (χ0) is 16.0. The molecule has 3 atom stereocenters. The fourth-order valence-electron chi connectivity index (χ4n) is 2.72. The topological polar surface area (TPSA) is 80.7 Å². The van der Waals surface area contributed by atoms with Gasteiger partial charge in [0.1, 0.15) is 0 Å². The van der Waals surface area contributed by atoms with Gasteiger partial charge in [-0.1, -0.05) is 32.8 Å². The quantitative estimate of drug-likeness (QED) is 0.577. The van der Waals surface area contributed by atoms with Crippen LogP contribution in [0.2, 0.25) is 0 Å². The highest BCUT2D eigenvalue weighted by atomic mass is 16.5. The van der Waals surface area contributed by atoms with Gasteiger partial charge in [-0.05, 0) is 31.8 Å². The van der Waals surface area contributed by atoms with E-state index in [-0.39, 0.29) is 5.78 Å². The highest BCUT2D eigenvalue weighted by molar-refractivity contribution is 5.99. The molecule has 0 aromatic rings. The second kappa shape index (κ2) is 7.96. The first kappa shape index (κ1) is 17.4. The normalized spacial score (nSPS) is 23.1. The summed E-state index contributed by atoms with van der Waals surface area (Å²) in [5.41, 5.74) is 0.347. The van der Waals surface area contributed by atoms with Gasteiger partial charge in [0.15, 0.2) is 11.9 Å². The van der Waals surface area contributed by atoms with Crippen molar-refractivity contribution in [3.8, 4) is 0 Å². The molecule has 1 fully saturated rings. The number of carboxylic acids is 1. The monoisotopic (exact) mass is 296 g/mol. The van der Waals surface area contributed by atoms with Crippen LogP contribution in [0.5, 0.6) is 0 Å². The summed E-state index contributed by atoms with van der Waals surface area (Å²) in [5.74, 6) is -3.15. The van der Waals surface area contributed by atoms with E-state index in [2.05, 4.69) is 6.58 Å². The largest absolute Gasteiger partial charge is 0.481 e. The molecule has 0 spiro atoms. The third-order valence-electron chi connectivity index (χ3n) is 3.91. The van der Waals surface area contributed by atoms with E-state index in [1.165, 1.54) is 0 Å². The van der Waals surface area contributed by atoms with Crippen molar-refractivity contribution in [1.82, 2.24) is 0 Å². The molecular formula is C16H24O5. The van der Waals surface area contributed by atoms with Crippen LogP contribution in [0.25, 0.3) is 0 Å². The van der Waals surface area contributed by atoms with E-state index in [1.807, 2.05) is 6.92 Å². The van der Waals surface area contributed by atoms with E-state index in [0.29, 0.717) is 31.3 Å². The first-order valence-electron chi connectivity index (χ1n) is 7.51. The van der Waals surface area contributed by atoms with Crippen LogP contribution in [0.15, 0.2) is 12.2 Å². The highest BCUT2D eigenvalue weighted by Crippen LogP contribution is 2.31. The van der Waals surface area contributed by atoms with E-state index >= 15 is 0 Å². The van der Waals surface area contributed by atoms with Crippen molar-refractivity contribution in [3.05, 3.63) is 12.2 Å². The van der Waals surface area contributed by atoms with Crippen LogP contribution in [0, 0.1) is 11.8 Å². The van der Waals surface area contributed by atoms with E-state index in [0.717, 1.165) is 12.8 Å². The van der Waals surface area contributed by atoms with Crippen molar-refractivity contribution in [2.24, 2.45) is 11.8 Å². The minimum Gasteiger partial charge on any atom is -0.481 e. The summed E-state index contributed by atoms with van der Waals surface area (Å²) in [6.45, 7) is 7.07. The number of hydrogen-bond donors (Lipinski definition) is 1. The number of esters is 1. The molecule has 21 heavy (non-hydrogen) atoms. The van der Waals surface area contributed by atoms with Gasteiger partial charge in [-0.25, -0.2) is 0 Å². The Morgan fingerprint density at radius 2 is 1.81 bits per heavy atom. The Balaban J connectivity index is 2.77. The van der Waals surface area contributed by atoms with Crippen LogP contribution in [0.1, 0.15) is 52.4 Å². The van der Waals surface area contributed by atoms with Crippen molar-refractivity contribution >= 4 is 17.7 Å². The van der Waals surface area contributed by atoms with Gasteiger partial charge < -0.3 is 9.84 Å². The summed E-state index contributed by atoms with van der Waals surface area (Å²) in [7, 11) is 0. The Bertz CT molecular complexity index is 426. The molecule has 1 aliphatic carbocycles. The second-order valence-electron chi connectivity index (χ2n) is 5.69. The average Bonchev–Trinajstić information content (AvgIpc) is 2.45. The highest BCUT2D eigenvalue weighted by Gasteiger charge is 2.38. The fraction of sp³-hybridized carbons (Fsp3) is 0.688. The van der Waals surface area contributed by atoms with Crippen molar-refractivity contribution < 1.29 is 24.2 Å². The fourth-order valence-corrected chi connectivity index (χ4v) is 2.72. The maximum absolute atomic E-state index is 12.3. The Morgan fingerprint density at radius 3 is 2.29 bits per heavy atom. The maximum atomic E-state index is 12.3. The van der Waals surface area contributed by atoms with Crippen LogP contribution in [0.4, 0.5) is 0 Å². The van der Waals surface area contributed by atoms with E-state index in [9.17, 15) is 19.5 Å². The molecule has 5 nitrogen and oxygen atoms in total. The molecule has 0 bridgehead atoms. The van der Waals surface area contributed by atoms with Gasteiger partial charge in [0.25, 0.3) is 0 Å². The Morgan fingerprint density at radius 1 is 1.24 bits per heavy atom. The molecular weight excluding hydrogens is 272 g/mol. The molecule has 5 heteroatoms. The zero-order valence-electron chi connectivity index (χ0n) is 12.8. The number of Topliss-reactive ketones (excluding diaryl/α,β-unsaturated/α-hetero) is 1. The molecule has 0 heterocycles. The number of ether oxygens (including phenoxy) is 1. The van der Waals surface area contributed by atoms with Gasteiger partial charge in [0, 0.05) is 0 Å². The first-order valence-corrected chi connectivity index (χ1v) is 7.51. The number of rotatable bonds is 7. The van der Waals surface area contributed by atoms with Crippen molar-refractivity contribution in [3.63, 3.8) is 0 Å². The Hall–Kier alpha value is -1.65. The van der Waals surface area contributed by atoms with Crippen LogP contribution >= 0.6 is 0 Å². The Kier molecular flexibility index (Phi) is 6.59. The molecule has 0 aromatic heterocycles. The van der Waals surface area contributed by atoms with Crippen LogP contribution in [0.3, 0.4) is 0 Å². The van der Waals surface area contributed by atoms with E-state index in [1.54, 1.807) is 6.92 Å². The third-order valence-corrected chi connectivity index (χ3v) is 3.91. The molecule has 1 N–H and O–H groups in total. The molecule has 0 amide bonds. The predicted octanol–water partition coefficient (Wildman–Crippen LogP) is 2.73. The maximum Gasteiger partial charge on any atom is 0.310 e. The van der Waals surface area contributed by atoms with Gasteiger partial charge >= 0.3 is 11.9 Å². The number of carbonyl (C=O) groups is 3. The molecule has 3 unspecified atom stereocenters. The lowest BCUT2D eigenvalue weighted by Gasteiger charge is -2.28. The van der Waals surface area contributed by atoms with Crippen LogP contribution in [-0.2, 0) is 19.1 Å². The van der Waals surface area contributed by atoms with Crippen molar-refractivity contribution in [2.45, 2.75) is 58.5 Å². The number of ketones is 1. The summed E-state index contributed by atoms with van der Waals surface area (Å²) in [5, 5.41) is 9.20. The average molecular weight is 296 g/mol. The number of carboxylic acid groups (broad SMARTS) is 1. The van der Waals surface area contributed by atoms with Gasteiger partial charge in [0.2, 0.25) is 0 Å². The summed E-state index contributed by atoms with van der Waals surface area (Å²) in [6, 6.07) is 0. The lowest BCUT2D eigenvalue weighted by atomic mass is 9.79. The van der Waals surface area contributed by atoms with E-state index < -0.39 is 29.9 Å². The SMILES string of the molecule is C=C(C)C(=O)C(CCC)OC(=O)C1CCCCC1C(=O)O. The van der Waals surface area contributed by atoms with Gasteiger partial charge in [-0.15, -0.1) is 0 Å². The molecule has 0 radical (unpaired) electrons. The lowest BCUT2D eigenvalue weighted by Crippen LogP contribution is -2.37. The number of aliphatic carboxylic acids is 1. The van der Waals surface area contributed by atoms with Crippen LogP contribution in [-0.4, -0.2) is 28.9 Å². The van der Waals surface area contributed by atoms with Gasteiger partial charge in [-0.3, -0.25) is 14.4 Å². The summed E-state index contributed by atoms with van der Waals surface area (Å²) >= 11 is 0. The van der Waals surface area contributed by atoms with Crippen molar-refractivity contribution in [2.75, 3.05) is 0 Å². The summed E-state index contributed by atoms with van der Waals surface area (Å²) < 4.78 is 5.32. The molecule has 0 aliphatic heterocycles. The second-order valence-corrected chi connectivity index (χ2v) is 5.69. The minimum absolute atomic E-state index is 0.284. The number of carbonyl (C=O) groups excluding carboxylic acids is 2. The Labute approximate surface area is 125 Å². The predicted molar refractivity (Wildman–Crippen MR) is 77.7 cm³/mol. The summed E-state index contributed by atoms with van der Waals surface area (Å²) in [6.07, 6.45) is 2.92. The number of hydrogen-bond acceptors (Lipinski definition) is 4. The molecule has 0 saturated heterocycles. The van der Waals surface area contributed by atoms with Crippen molar-refractivity contribution in [1.29, 1.82) is 0 Å². The molecule has 118 valence electrons. The molecule has 1 aliphatic rings. The standard InChI is InChI=1S/C16H24O5/c1-4-7-13(14(17)10(2)3)21-16(20)12-9-6-5-8-11(12)15(18)19/h11-13H,2,4-9H2,1,3H3,(H,18,19). The molecule has 0 aromatic carbocycles. The smallest absolute Gasteiger partial charge is 0.310 e. The zero-order valence-corrected chi connectivity index (χ0v) is 12.8. The molecule has 1 rings (SSSR count). The summed E-state index contributed by atoms with van der Waals surface area (Å²) in [4.78, 5) is 35.5. The van der Waals surface area contributed by atoms with Gasteiger partial charge in [0.05, 0.1) is 11.8 Å². The minimum atomic E-state index is -0.963. The lowest BCUT2D eigenvalue weighted by molar-refractivity contribution is -0.165. The van der Waals surface area contributed by atoms with Crippen LogP contribution < -0.4 is 0 Å². The van der Waals surface area contributed by atoms with Gasteiger partial charge in [-0.2, -0.15) is 0 Å². The first-order chi connectivity index (χ1) is 9.88. The third kappa shape index (κ3) is 4.69.